The number of benzene rings is 2. The summed E-state index contributed by atoms with van der Waals surface area (Å²) in [5, 5.41) is 3.09. The summed E-state index contributed by atoms with van der Waals surface area (Å²) in [7, 11) is -0.517. The van der Waals surface area contributed by atoms with Gasteiger partial charge in [-0.1, -0.05) is 43.2 Å². The molecule has 3 rings (SSSR count). The minimum Gasteiger partial charge on any atom is -0.497 e. The van der Waals surface area contributed by atoms with Gasteiger partial charge in [0.2, 0.25) is 21.8 Å². The van der Waals surface area contributed by atoms with Crippen molar-refractivity contribution in [1.82, 2.24) is 14.5 Å². The van der Waals surface area contributed by atoms with Gasteiger partial charge in [-0.3, -0.25) is 9.59 Å². The topological polar surface area (TPSA) is 96.0 Å². The first kappa shape index (κ1) is 27.7. The van der Waals surface area contributed by atoms with Gasteiger partial charge < -0.3 is 15.0 Å². The highest BCUT2D eigenvalue weighted by Gasteiger charge is 2.28. The lowest BCUT2D eigenvalue weighted by Crippen LogP contribution is -2.49. The van der Waals surface area contributed by atoms with E-state index in [2.05, 4.69) is 5.32 Å². The largest absolute Gasteiger partial charge is 0.497 e. The summed E-state index contributed by atoms with van der Waals surface area (Å²) in [6.45, 7) is 2.22. The van der Waals surface area contributed by atoms with Crippen LogP contribution in [0.4, 0.5) is 0 Å². The molecule has 0 aromatic heterocycles. The molecule has 196 valence electrons. The Balaban J connectivity index is 1.65. The Bertz CT molecular complexity index is 1100. The van der Waals surface area contributed by atoms with E-state index in [9.17, 15) is 18.0 Å². The van der Waals surface area contributed by atoms with Crippen LogP contribution in [0.15, 0.2) is 59.5 Å². The van der Waals surface area contributed by atoms with Gasteiger partial charge in [-0.25, -0.2) is 12.7 Å². The molecule has 0 radical (unpaired) electrons. The number of sulfonamides is 1. The van der Waals surface area contributed by atoms with Gasteiger partial charge in [0.05, 0.1) is 12.0 Å². The van der Waals surface area contributed by atoms with Gasteiger partial charge in [-0.15, -0.1) is 0 Å². The zero-order valence-electron chi connectivity index (χ0n) is 21.4. The van der Waals surface area contributed by atoms with E-state index in [0.717, 1.165) is 31.2 Å². The van der Waals surface area contributed by atoms with Crippen LogP contribution in [0.25, 0.3) is 0 Å². The van der Waals surface area contributed by atoms with Crippen LogP contribution < -0.4 is 10.1 Å². The summed E-state index contributed by atoms with van der Waals surface area (Å²) in [6, 6.07) is 15.1. The van der Waals surface area contributed by atoms with Crippen molar-refractivity contribution in [2.24, 2.45) is 0 Å². The lowest BCUT2D eigenvalue weighted by atomic mass is 10.1. The number of hydrogen-bond acceptors (Lipinski definition) is 5. The van der Waals surface area contributed by atoms with Crippen LogP contribution in [-0.4, -0.2) is 62.2 Å². The van der Waals surface area contributed by atoms with E-state index in [0.29, 0.717) is 12.2 Å². The van der Waals surface area contributed by atoms with Crippen LogP contribution in [0.1, 0.15) is 51.0 Å². The minimum atomic E-state index is -3.62. The molecule has 2 amide bonds. The molecule has 0 unspecified atom stereocenters. The van der Waals surface area contributed by atoms with Gasteiger partial charge in [-0.2, -0.15) is 0 Å². The second kappa shape index (κ2) is 12.9. The van der Waals surface area contributed by atoms with Crippen molar-refractivity contribution in [3.8, 4) is 5.75 Å². The van der Waals surface area contributed by atoms with Crippen molar-refractivity contribution in [3.63, 3.8) is 0 Å². The quantitative estimate of drug-likeness (QED) is 0.466. The molecule has 9 heteroatoms. The van der Waals surface area contributed by atoms with E-state index < -0.39 is 16.1 Å². The predicted molar refractivity (Wildman–Crippen MR) is 139 cm³/mol. The van der Waals surface area contributed by atoms with E-state index in [1.54, 1.807) is 49.3 Å². The second-order valence-corrected chi connectivity index (χ2v) is 11.3. The normalized spacial score (nSPS) is 15.0. The predicted octanol–water partition coefficient (Wildman–Crippen LogP) is 3.57. The average molecular weight is 516 g/mol. The number of rotatable bonds is 12. The summed E-state index contributed by atoms with van der Waals surface area (Å²) in [5.74, 6) is 0.365. The molecule has 1 aliphatic rings. The monoisotopic (exact) mass is 515 g/mol. The van der Waals surface area contributed by atoms with Crippen molar-refractivity contribution in [3.05, 3.63) is 60.2 Å². The average Bonchev–Trinajstić information content (AvgIpc) is 3.40. The maximum absolute atomic E-state index is 13.3. The van der Waals surface area contributed by atoms with E-state index in [-0.39, 0.29) is 42.3 Å². The molecule has 36 heavy (non-hydrogen) atoms. The molecular weight excluding hydrogens is 478 g/mol. The van der Waals surface area contributed by atoms with Gasteiger partial charge in [-0.05, 0) is 56.0 Å². The standard InChI is InChI=1S/C27H37N3O5S/c1-21(27(32)28-23-10-7-8-11-23)30(20-22-15-17-24(35-3)18-16-22)26(31)14-9-19-29(2)36(33,34)25-12-5-4-6-13-25/h4-6,12-13,15-18,21,23H,7-11,14,19-20H2,1-3H3,(H,28,32)/t21-/m1/s1. The highest BCUT2D eigenvalue weighted by Crippen LogP contribution is 2.20. The lowest BCUT2D eigenvalue weighted by molar-refractivity contribution is -0.141. The van der Waals surface area contributed by atoms with Crippen molar-refractivity contribution in [1.29, 1.82) is 0 Å². The third kappa shape index (κ3) is 7.30. The molecule has 1 aliphatic carbocycles. The van der Waals surface area contributed by atoms with Gasteiger partial charge in [0.15, 0.2) is 0 Å². The Labute approximate surface area is 214 Å². The summed E-state index contributed by atoms with van der Waals surface area (Å²) in [6.07, 6.45) is 4.62. The number of methoxy groups -OCH3 is 1. The maximum atomic E-state index is 13.3. The van der Waals surface area contributed by atoms with Crippen molar-refractivity contribution < 1.29 is 22.7 Å². The van der Waals surface area contributed by atoms with Crippen LogP contribution >= 0.6 is 0 Å². The van der Waals surface area contributed by atoms with Crippen LogP contribution in [0.5, 0.6) is 5.75 Å². The summed E-state index contributed by atoms with van der Waals surface area (Å²) in [4.78, 5) is 28.1. The van der Waals surface area contributed by atoms with Crippen molar-refractivity contribution in [2.45, 2.75) is 69.0 Å². The van der Waals surface area contributed by atoms with Crippen LogP contribution in [0.2, 0.25) is 0 Å². The fraction of sp³-hybridized carbons (Fsp3) is 0.481. The zero-order valence-corrected chi connectivity index (χ0v) is 22.2. The smallest absolute Gasteiger partial charge is 0.242 e. The number of ether oxygens (including phenoxy) is 1. The van der Waals surface area contributed by atoms with Crippen LogP contribution in [-0.2, 0) is 26.2 Å². The van der Waals surface area contributed by atoms with Gasteiger partial charge in [0, 0.05) is 32.6 Å². The van der Waals surface area contributed by atoms with Crippen molar-refractivity contribution in [2.75, 3.05) is 20.7 Å². The highest BCUT2D eigenvalue weighted by molar-refractivity contribution is 7.89. The molecule has 0 bridgehead atoms. The zero-order chi connectivity index (χ0) is 26.1. The molecule has 2 aromatic rings. The molecule has 0 heterocycles. The number of hydrogen-bond donors (Lipinski definition) is 1. The molecule has 2 aromatic carbocycles. The van der Waals surface area contributed by atoms with Gasteiger partial charge in [0.1, 0.15) is 11.8 Å². The molecule has 8 nitrogen and oxygen atoms in total. The van der Waals surface area contributed by atoms with E-state index in [4.69, 9.17) is 4.74 Å². The Morgan fingerprint density at radius 2 is 1.69 bits per heavy atom. The molecular formula is C27H37N3O5S. The van der Waals surface area contributed by atoms with Gasteiger partial charge >= 0.3 is 0 Å². The highest BCUT2D eigenvalue weighted by atomic mass is 32.2. The number of carbonyl (C=O) groups is 2. The molecule has 1 N–H and O–H groups in total. The Morgan fingerprint density at radius 1 is 1.06 bits per heavy atom. The fourth-order valence-corrected chi connectivity index (χ4v) is 5.62. The first-order valence-electron chi connectivity index (χ1n) is 12.5. The third-order valence-corrected chi connectivity index (χ3v) is 8.57. The number of nitrogens with one attached hydrogen (secondary N) is 1. The number of carbonyl (C=O) groups excluding carboxylic acids is 2. The van der Waals surface area contributed by atoms with Crippen LogP contribution in [0.3, 0.4) is 0 Å². The number of amides is 2. The summed E-state index contributed by atoms with van der Waals surface area (Å²) >= 11 is 0. The first-order chi connectivity index (χ1) is 17.2. The summed E-state index contributed by atoms with van der Waals surface area (Å²) < 4.78 is 32.0. The first-order valence-corrected chi connectivity index (χ1v) is 13.9. The van der Waals surface area contributed by atoms with Crippen molar-refractivity contribution >= 4 is 21.8 Å². The fourth-order valence-electron chi connectivity index (χ4n) is 4.39. The molecule has 0 aliphatic heterocycles. The SMILES string of the molecule is COc1ccc(CN(C(=O)CCCN(C)S(=O)(=O)c2ccccc2)[C@H](C)C(=O)NC2CCCC2)cc1. The Kier molecular flexibility index (Phi) is 9.89. The third-order valence-electron chi connectivity index (χ3n) is 6.70. The summed E-state index contributed by atoms with van der Waals surface area (Å²) in [5.41, 5.74) is 0.883. The molecule has 0 saturated heterocycles. The molecule has 1 fully saturated rings. The number of nitrogens with zero attached hydrogens (tertiary/aromatic N) is 2. The van der Waals surface area contributed by atoms with Gasteiger partial charge in [0.25, 0.3) is 0 Å². The van der Waals surface area contributed by atoms with E-state index >= 15 is 0 Å². The molecule has 1 atom stereocenters. The maximum Gasteiger partial charge on any atom is 0.242 e. The molecule has 0 spiro atoms. The Hall–Kier alpha value is -2.91. The lowest BCUT2D eigenvalue weighted by Gasteiger charge is -2.30. The minimum absolute atomic E-state index is 0.131. The Morgan fingerprint density at radius 3 is 2.31 bits per heavy atom. The van der Waals surface area contributed by atoms with Crippen LogP contribution in [0, 0.1) is 0 Å². The second-order valence-electron chi connectivity index (χ2n) is 9.28. The van der Waals surface area contributed by atoms with E-state index in [1.165, 1.54) is 11.4 Å². The van der Waals surface area contributed by atoms with E-state index in [1.807, 2.05) is 24.3 Å². The molecule has 1 saturated carbocycles.